The first kappa shape index (κ1) is 14.9. The molecule has 0 spiro atoms. The quantitative estimate of drug-likeness (QED) is 0.649. The van der Waals surface area contributed by atoms with E-state index in [1.807, 2.05) is 19.4 Å². The molecular weight excluding hydrogens is 226 g/mol. The van der Waals surface area contributed by atoms with Gasteiger partial charge in [0.15, 0.2) is 0 Å². The predicted octanol–water partition coefficient (Wildman–Crippen LogP) is 1.34. The van der Waals surface area contributed by atoms with Crippen molar-refractivity contribution in [2.45, 2.75) is 26.8 Å². The average Bonchev–Trinajstić information content (AvgIpc) is 2.43. The minimum atomic E-state index is 0.667. The Labute approximate surface area is 110 Å². The minimum absolute atomic E-state index is 0.667. The molecule has 2 N–H and O–H groups in total. The van der Waals surface area contributed by atoms with Crippen LogP contribution in [0.4, 0.5) is 5.95 Å². The summed E-state index contributed by atoms with van der Waals surface area (Å²) < 4.78 is 0. The molecule has 0 amide bonds. The third-order valence-corrected chi connectivity index (χ3v) is 2.98. The lowest BCUT2D eigenvalue weighted by atomic mass is 10.3. The number of hydrogen-bond acceptors (Lipinski definition) is 5. The van der Waals surface area contributed by atoms with Gasteiger partial charge in [0.2, 0.25) is 5.95 Å². The molecule has 0 bridgehead atoms. The van der Waals surface area contributed by atoms with E-state index in [2.05, 4.69) is 39.3 Å². The maximum absolute atomic E-state index is 4.18. The molecule has 1 rings (SSSR count). The van der Waals surface area contributed by atoms with Crippen LogP contribution in [0.25, 0.3) is 0 Å². The molecule has 0 fully saturated rings. The van der Waals surface area contributed by atoms with Crippen LogP contribution >= 0.6 is 0 Å². The van der Waals surface area contributed by atoms with Crippen LogP contribution in [0.3, 0.4) is 0 Å². The summed E-state index contributed by atoms with van der Waals surface area (Å²) >= 11 is 0. The smallest absolute Gasteiger partial charge is 0.222 e. The van der Waals surface area contributed by atoms with Crippen molar-refractivity contribution in [2.75, 3.05) is 38.5 Å². The van der Waals surface area contributed by atoms with Gasteiger partial charge in [-0.15, -0.1) is 0 Å². The molecule has 0 aromatic carbocycles. The van der Waals surface area contributed by atoms with Gasteiger partial charge in [0.05, 0.1) is 0 Å². The first-order chi connectivity index (χ1) is 8.80. The molecule has 5 heteroatoms. The van der Waals surface area contributed by atoms with Gasteiger partial charge in [-0.3, -0.25) is 0 Å². The molecule has 18 heavy (non-hydrogen) atoms. The monoisotopic (exact) mass is 251 g/mol. The number of nitrogens with one attached hydrogen (secondary N) is 2. The molecular formula is C13H25N5. The van der Waals surface area contributed by atoms with E-state index in [0.717, 1.165) is 38.3 Å². The van der Waals surface area contributed by atoms with Gasteiger partial charge >= 0.3 is 0 Å². The third kappa shape index (κ3) is 5.42. The van der Waals surface area contributed by atoms with Crippen LogP contribution in [-0.4, -0.2) is 48.1 Å². The van der Waals surface area contributed by atoms with Crippen LogP contribution in [0.5, 0.6) is 0 Å². The number of hydrogen-bond donors (Lipinski definition) is 2. The summed E-state index contributed by atoms with van der Waals surface area (Å²) in [7, 11) is 1.82. The average molecular weight is 251 g/mol. The Morgan fingerprint density at radius 2 is 1.83 bits per heavy atom. The third-order valence-electron chi connectivity index (χ3n) is 2.98. The van der Waals surface area contributed by atoms with Crippen molar-refractivity contribution in [3.8, 4) is 0 Å². The maximum atomic E-state index is 4.18. The van der Waals surface area contributed by atoms with Gasteiger partial charge < -0.3 is 15.5 Å². The summed E-state index contributed by atoms with van der Waals surface area (Å²) in [5.41, 5.74) is 1.12. The van der Waals surface area contributed by atoms with E-state index in [4.69, 9.17) is 0 Å². The second-order valence-corrected chi connectivity index (χ2v) is 4.22. The molecule has 1 heterocycles. The summed E-state index contributed by atoms with van der Waals surface area (Å²) in [4.78, 5) is 10.8. The van der Waals surface area contributed by atoms with Gasteiger partial charge in [0.25, 0.3) is 0 Å². The van der Waals surface area contributed by atoms with Gasteiger partial charge in [0, 0.05) is 31.5 Å². The zero-order valence-electron chi connectivity index (χ0n) is 11.7. The molecule has 0 radical (unpaired) electrons. The largest absolute Gasteiger partial charge is 0.357 e. The van der Waals surface area contributed by atoms with Crippen LogP contribution in [-0.2, 0) is 6.54 Å². The van der Waals surface area contributed by atoms with E-state index in [1.54, 1.807) is 0 Å². The van der Waals surface area contributed by atoms with Crippen LogP contribution in [0.1, 0.15) is 25.8 Å². The highest BCUT2D eigenvalue weighted by molar-refractivity contribution is 5.22. The molecule has 0 saturated carbocycles. The molecule has 1 aromatic heterocycles. The Hall–Kier alpha value is -1.20. The van der Waals surface area contributed by atoms with Crippen molar-refractivity contribution in [2.24, 2.45) is 0 Å². The molecule has 102 valence electrons. The highest BCUT2D eigenvalue weighted by Crippen LogP contribution is 1.98. The second kappa shape index (κ2) is 8.83. The Balaban J connectivity index is 2.13. The van der Waals surface area contributed by atoms with Crippen LogP contribution in [0.15, 0.2) is 12.4 Å². The fraction of sp³-hybridized carbons (Fsp3) is 0.692. The second-order valence-electron chi connectivity index (χ2n) is 4.22. The van der Waals surface area contributed by atoms with Gasteiger partial charge in [0.1, 0.15) is 0 Å². The highest BCUT2D eigenvalue weighted by atomic mass is 15.1. The summed E-state index contributed by atoms with van der Waals surface area (Å²) in [6.45, 7) is 9.71. The molecule has 0 aliphatic rings. The zero-order chi connectivity index (χ0) is 13.2. The Morgan fingerprint density at radius 3 is 2.39 bits per heavy atom. The van der Waals surface area contributed by atoms with Crippen molar-refractivity contribution in [1.82, 2.24) is 20.2 Å². The highest BCUT2D eigenvalue weighted by Gasteiger charge is 1.98. The summed E-state index contributed by atoms with van der Waals surface area (Å²) in [5.74, 6) is 0.667. The molecule has 0 aliphatic carbocycles. The van der Waals surface area contributed by atoms with Gasteiger partial charge in [-0.1, -0.05) is 13.8 Å². The fourth-order valence-corrected chi connectivity index (χ4v) is 1.78. The van der Waals surface area contributed by atoms with Crippen molar-refractivity contribution < 1.29 is 0 Å². The van der Waals surface area contributed by atoms with E-state index in [1.165, 1.54) is 6.42 Å². The number of anilines is 1. The molecule has 0 atom stereocenters. The molecule has 0 saturated heterocycles. The number of nitrogens with zero attached hydrogens (tertiary/aromatic N) is 3. The first-order valence-electron chi connectivity index (χ1n) is 6.71. The Bertz CT molecular complexity index is 308. The molecule has 1 aromatic rings. The van der Waals surface area contributed by atoms with E-state index >= 15 is 0 Å². The normalized spacial score (nSPS) is 10.9. The van der Waals surface area contributed by atoms with Crippen LogP contribution in [0.2, 0.25) is 0 Å². The first-order valence-corrected chi connectivity index (χ1v) is 6.71. The SMILES string of the molecule is CCN(CC)CCCNCc1cnc(NC)nc1. The van der Waals surface area contributed by atoms with E-state index < -0.39 is 0 Å². The fourth-order valence-electron chi connectivity index (χ4n) is 1.78. The summed E-state index contributed by atoms with van der Waals surface area (Å²) in [6, 6.07) is 0. The summed E-state index contributed by atoms with van der Waals surface area (Å²) in [6.07, 6.45) is 4.89. The minimum Gasteiger partial charge on any atom is -0.357 e. The van der Waals surface area contributed by atoms with Crippen LogP contribution < -0.4 is 10.6 Å². The lowest BCUT2D eigenvalue weighted by molar-refractivity contribution is 0.298. The van der Waals surface area contributed by atoms with E-state index in [0.29, 0.717) is 5.95 Å². The van der Waals surface area contributed by atoms with E-state index in [9.17, 15) is 0 Å². The lowest BCUT2D eigenvalue weighted by Crippen LogP contribution is -2.27. The van der Waals surface area contributed by atoms with Crippen molar-refractivity contribution in [1.29, 1.82) is 0 Å². The Morgan fingerprint density at radius 1 is 1.17 bits per heavy atom. The lowest BCUT2D eigenvalue weighted by Gasteiger charge is -2.17. The number of aromatic nitrogens is 2. The topological polar surface area (TPSA) is 53.1 Å². The van der Waals surface area contributed by atoms with E-state index in [-0.39, 0.29) is 0 Å². The predicted molar refractivity (Wildman–Crippen MR) is 75.7 cm³/mol. The summed E-state index contributed by atoms with van der Waals surface area (Å²) in [5, 5.41) is 6.32. The van der Waals surface area contributed by atoms with Crippen molar-refractivity contribution in [3.63, 3.8) is 0 Å². The standard InChI is InChI=1S/C13H25N5/c1-4-18(5-2)8-6-7-15-9-12-10-16-13(14-3)17-11-12/h10-11,15H,4-9H2,1-3H3,(H,14,16,17). The molecule has 0 aliphatic heterocycles. The van der Waals surface area contributed by atoms with Gasteiger partial charge in [-0.05, 0) is 32.6 Å². The number of rotatable bonds is 9. The Kier molecular flexibility index (Phi) is 7.29. The maximum Gasteiger partial charge on any atom is 0.222 e. The van der Waals surface area contributed by atoms with Crippen molar-refractivity contribution >= 4 is 5.95 Å². The van der Waals surface area contributed by atoms with Gasteiger partial charge in [-0.2, -0.15) is 0 Å². The molecule has 0 unspecified atom stereocenters. The van der Waals surface area contributed by atoms with Crippen LogP contribution in [0, 0.1) is 0 Å². The zero-order valence-corrected chi connectivity index (χ0v) is 11.7. The molecule has 5 nitrogen and oxygen atoms in total. The van der Waals surface area contributed by atoms with Gasteiger partial charge in [-0.25, -0.2) is 9.97 Å². The van der Waals surface area contributed by atoms with Crippen molar-refractivity contribution in [3.05, 3.63) is 18.0 Å².